The molecule has 0 atom stereocenters. The summed E-state index contributed by atoms with van der Waals surface area (Å²) in [4.78, 5) is 6.51. The van der Waals surface area contributed by atoms with E-state index in [9.17, 15) is 5.11 Å². The van der Waals surface area contributed by atoms with Gasteiger partial charge in [-0.25, -0.2) is 0 Å². The van der Waals surface area contributed by atoms with Crippen molar-refractivity contribution >= 4 is 29.9 Å². The van der Waals surface area contributed by atoms with Gasteiger partial charge in [-0.2, -0.15) is 0 Å². The van der Waals surface area contributed by atoms with E-state index in [2.05, 4.69) is 9.89 Å². The molecular weight excluding hydrogens is 329 g/mol. The zero-order valence-corrected chi connectivity index (χ0v) is 12.7. The Balaban J connectivity index is 0.00000144. The van der Waals surface area contributed by atoms with Gasteiger partial charge < -0.3 is 15.7 Å². The normalized spacial score (nSPS) is 24.5. The van der Waals surface area contributed by atoms with Crippen molar-refractivity contribution in [1.82, 2.24) is 4.90 Å². The molecule has 0 amide bonds. The fraction of sp³-hybridized carbons (Fsp3) is 0.917. The Morgan fingerprint density at radius 1 is 1.12 bits per heavy atom. The van der Waals surface area contributed by atoms with Crippen molar-refractivity contribution in [1.29, 1.82) is 0 Å². The predicted octanol–water partition coefficient (Wildman–Crippen LogP) is 1.71. The van der Waals surface area contributed by atoms with Gasteiger partial charge in [0.1, 0.15) is 0 Å². The topological polar surface area (TPSA) is 61.9 Å². The van der Waals surface area contributed by atoms with Crippen molar-refractivity contribution in [2.75, 3.05) is 19.6 Å². The van der Waals surface area contributed by atoms with Gasteiger partial charge in [-0.1, -0.05) is 12.8 Å². The van der Waals surface area contributed by atoms with E-state index in [0.717, 1.165) is 38.8 Å². The third-order valence-corrected chi connectivity index (χ3v) is 3.75. The first-order valence-corrected chi connectivity index (χ1v) is 6.47. The molecule has 0 aromatic carbocycles. The summed E-state index contributed by atoms with van der Waals surface area (Å²) >= 11 is 0. The first-order valence-electron chi connectivity index (χ1n) is 6.47. The molecule has 100 valence electrons. The third kappa shape index (κ3) is 4.28. The van der Waals surface area contributed by atoms with Crippen LogP contribution in [-0.4, -0.2) is 41.2 Å². The number of hydrogen-bond acceptors (Lipinski definition) is 2. The molecule has 0 radical (unpaired) electrons. The Morgan fingerprint density at radius 2 is 1.71 bits per heavy atom. The molecule has 1 saturated heterocycles. The molecular formula is C12H24IN3O. The number of piperidine rings is 1. The zero-order chi connectivity index (χ0) is 11.4. The van der Waals surface area contributed by atoms with Crippen LogP contribution in [0.4, 0.5) is 0 Å². The number of aliphatic imine (C=N–C) groups is 1. The van der Waals surface area contributed by atoms with Crippen molar-refractivity contribution in [3.8, 4) is 0 Å². The number of nitrogens with zero attached hydrogens (tertiary/aromatic N) is 2. The molecule has 5 heteroatoms. The Bertz CT molecular complexity index is 258. The van der Waals surface area contributed by atoms with E-state index in [0.29, 0.717) is 12.5 Å². The molecule has 1 heterocycles. The first kappa shape index (κ1) is 15.0. The lowest BCUT2D eigenvalue weighted by atomic mass is 10.0. The van der Waals surface area contributed by atoms with E-state index in [-0.39, 0.29) is 24.0 Å². The number of guanidine groups is 1. The minimum absolute atomic E-state index is 0. The van der Waals surface area contributed by atoms with Crippen LogP contribution in [0.15, 0.2) is 4.99 Å². The first-order chi connectivity index (χ1) is 7.70. The molecule has 2 fully saturated rings. The standard InChI is InChI=1S/C12H23N3O.HI/c13-11(15-8-4-1-5-9-15)14-10-12(16)6-2-3-7-12;/h16H,1-10H2,(H2,13,14);1H. The van der Waals surface area contributed by atoms with Gasteiger partial charge in [0.25, 0.3) is 0 Å². The lowest BCUT2D eigenvalue weighted by Crippen LogP contribution is -2.42. The van der Waals surface area contributed by atoms with E-state index in [1.165, 1.54) is 19.3 Å². The molecule has 0 unspecified atom stereocenters. The molecule has 0 bridgehead atoms. The maximum absolute atomic E-state index is 10.2. The van der Waals surface area contributed by atoms with E-state index in [1.54, 1.807) is 0 Å². The maximum Gasteiger partial charge on any atom is 0.191 e. The molecule has 3 N–H and O–H groups in total. The molecule has 1 saturated carbocycles. The minimum atomic E-state index is -0.569. The summed E-state index contributed by atoms with van der Waals surface area (Å²) in [5, 5.41) is 10.2. The highest BCUT2D eigenvalue weighted by Crippen LogP contribution is 2.29. The average molecular weight is 353 g/mol. The van der Waals surface area contributed by atoms with Crippen LogP contribution < -0.4 is 5.73 Å². The fourth-order valence-electron chi connectivity index (χ4n) is 2.64. The Morgan fingerprint density at radius 3 is 2.29 bits per heavy atom. The van der Waals surface area contributed by atoms with Gasteiger partial charge >= 0.3 is 0 Å². The van der Waals surface area contributed by atoms with Crippen molar-refractivity contribution in [3.63, 3.8) is 0 Å². The smallest absolute Gasteiger partial charge is 0.191 e. The van der Waals surface area contributed by atoms with Gasteiger partial charge in [-0.3, -0.25) is 4.99 Å². The number of rotatable bonds is 2. The minimum Gasteiger partial charge on any atom is -0.388 e. The number of nitrogens with two attached hydrogens (primary N) is 1. The average Bonchev–Trinajstić information content (AvgIpc) is 2.75. The fourth-order valence-corrected chi connectivity index (χ4v) is 2.64. The number of likely N-dealkylation sites (tertiary alicyclic amines) is 1. The van der Waals surface area contributed by atoms with Crippen LogP contribution in [0.1, 0.15) is 44.9 Å². The summed E-state index contributed by atoms with van der Waals surface area (Å²) < 4.78 is 0. The Kier molecular flexibility index (Phi) is 5.99. The summed E-state index contributed by atoms with van der Waals surface area (Å²) in [5.41, 5.74) is 5.38. The lowest BCUT2D eigenvalue weighted by molar-refractivity contribution is 0.0572. The molecule has 17 heavy (non-hydrogen) atoms. The molecule has 1 aliphatic carbocycles. The summed E-state index contributed by atoms with van der Waals surface area (Å²) in [7, 11) is 0. The second-order valence-corrected chi connectivity index (χ2v) is 5.15. The molecule has 0 spiro atoms. The highest BCUT2D eigenvalue weighted by Gasteiger charge is 2.30. The quantitative estimate of drug-likeness (QED) is 0.451. The van der Waals surface area contributed by atoms with Crippen molar-refractivity contribution in [2.24, 2.45) is 10.7 Å². The lowest BCUT2D eigenvalue weighted by Gasteiger charge is -2.28. The molecule has 0 aromatic heterocycles. The second-order valence-electron chi connectivity index (χ2n) is 5.15. The Hall–Kier alpha value is -0.0400. The van der Waals surface area contributed by atoms with Crippen LogP contribution in [0.25, 0.3) is 0 Å². The predicted molar refractivity (Wildman–Crippen MR) is 80.7 cm³/mol. The van der Waals surface area contributed by atoms with Crippen LogP contribution >= 0.6 is 24.0 Å². The summed E-state index contributed by atoms with van der Waals surface area (Å²) in [6, 6.07) is 0. The van der Waals surface area contributed by atoms with Gasteiger partial charge in [0, 0.05) is 13.1 Å². The van der Waals surface area contributed by atoms with Crippen molar-refractivity contribution < 1.29 is 5.11 Å². The Labute approximate surface area is 121 Å². The second kappa shape index (κ2) is 6.78. The number of hydrogen-bond donors (Lipinski definition) is 2. The zero-order valence-electron chi connectivity index (χ0n) is 10.4. The monoisotopic (exact) mass is 353 g/mol. The molecule has 2 aliphatic rings. The van der Waals surface area contributed by atoms with Crippen molar-refractivity contribution in [2.45, 2.75) is 50.5 Å². The van der Waals surface area contributed by atoms with Crippen LogP contribution in [0.3, 0.4) is 0 Å². The van der Waals surface area contributed by atoms with Crippen LogP contribution in [0, 0.1) is 0 Å². The van der Waals surface area contributed by atoms with Crippen molar-refractivity contribution in [3.05, 3.63) is 0 Å². The largest absolute Gasteiger partial charge is 0.388 e. The maximum atomic E-state index is 10.2. The summed E-state index contributed by atoms with van der Waals surface area (Å²) in [5.74, 6) is 0.625. The van der Waals surface area contributed by atoms with E-state index in [1.807, 2.05) is 0 Å². The van der Waals surface area contributed by atoms with Crippen LogP contribution in [-0.2, 0) is 0 Å². The molecule has 1 aliphatic heterocycles. The van der Waals surface area contributed by atoms with Crippen LogP contribution in [0.5, 0.6) is 0 Å². The van der Waals surface area contributed by atoms with Gasteiger partial charge in [-0.15, -0.1) is 24.0 Å². The summed E-state index contributed by atoms with van der Waals surface area (Å²) in [6.45, 7) is 2.52. The summed E-state index contributed by atoms with van der Waals surface area (Å²) in [6.07, 6.45) is 7.72. The van der Waals surface area contributed by atoms with Gasteiger partial charge in [0.2, 0.25) is 0 Å². The highest BCUT2D eigenvalue weighted by atomic mass is 127. The molecule has 4 nitrogen and oxygen atoms in total. The highest BCUT2D eigenvalue weighted by molar-refractivity contribution is 14.0. The van der Waals surface area contributed by atoms with E-state index < -0.39 is 5.60 Å². The van der Waals surface area contributed by atoms with E-state index >= 15 is 0 Å². The third-order valence-electron chi connectivity index (χ3n) is 3.75. The van der Waals surface area contributed by atoms with Crippen LogP contribution in [0.2, 0.25) is 0 Å². The van der Waals surface area contributed by atoms with Gasteiger partial charge in [0.05, 0.1) is 12.1 Å². The van der Waals surface area contributed by atoms with Gasteiger partial charge in [0.15, 0.2) is 5.96 Å². The van der Waals surface area contributed by atoms with Gasteiger partial charge in [-0.05, 0) is 32.1 Å². The molecule has 2 rings (SSSR count). The molecule has 0 aromatic rings. The van der Waals surface area contributed by atoms with E-state index in [4.69, 9.17) is 5.73 Å². The SMILES string of the molecule is I.NC(=NCC1(O)CCCC1)N1CCCCC1. The number of halogens is 1. The number of aliphatic hydroxyl groups is 1.